The van der Waals surface area contributed by atoms with Crippen molar-refractivity contribution < 1.29 is 4.79 Å². The van der Waals surface area contributed by atoms with Gasteiger partial charge in [-0.1, -0.05) is 100 Å². The molecule has 2 aliphatic carbocycles. The third kappa shape index (κ3) is 3.97. The Labute approximate surface area is 220 Å². The van der Waals surface area contributed by atoms with Crippen LogP contribution in [0.1, 0.15) is 72.2 Å². The molecular weight excluding hydrogens is 448 g/mol. The van der Waals surface area contributed by atoms with Crippen LogP contribution in [0.3, 0.4) is 0 Å². The first kappa shape index (κ1) is 23.6. The highest BCUT2D eigenvalue weighted by molar-refractivity contribution is 6.15. The molecular formula is C35H34N2. The van der Waals surface area contributed by atoms with E-state index in [1.807, 2.05) is 0 Å². The molecule has 4 aromatic rings. The Bertz CT molecular complexity index is 1470. The average Bonchev–Trinajstić information content (AvgIpc) is 3.44. The van der Waals surface area contributed by atoms with Crippen LogP contribution < -0.4 is 0 Å². The van der Waals surface area contributed by atoms with Crippen molar-refractivity contribution in [3.05, 3.63) is 123 Å². The fourth-order valence-corrected chi connectivity index (χ4v) is 6.55. The highest BCUT2D eigenvalue weighted by Crippen LogP contribution is 2.44. The molecule has 2 nitrogen and oxygen atoms in total. The number of nitrogens with zero attached hydrogens (tertiary/aromatic N) is 2. The van der Waals surface area contributed by atoms with Crippen LogP contribution >= 0.6 is 0 Å². The van der Waals surface area contributed by atoms with E-state index in [4.69, 9.17) is 0 Å². The Morgan fingerprint density at radius 1 is 0.622 bits per heavy atom. The maximum atomic E-state index is 10.8. The van der Waals surface area contributed by atoms with Gasteiger partial charge in [0.25, 0.3) is 0 Å². The van der Waals surface area contributed by atoms with Gasteiger partial charge in [-0.2, -0.15) is 4.79 Å². The van der Waals surface area contributed by atoms with Crippen LogP contribution in [-0.4, -0.2) is 10.5 Å². The average molecular weight is 483 g/mol. The number of rotatable bonds is 6. The van der Waals surface area contributed by atoms with Crippen molar-refractivity contribution in [3.8, 4) is 22.3 Å². The van der Waals surface area contributed by atoms with E-state index in [1.54, 1.807) is 0 Å². The van der Waals surface area contributed by atoms with E-state index in [0.29, 0.717) is 11.8 Å². The summed E-state index contributed by atoms with van der Waals surface area (Å²) >= 11 is 0. The van der Waals surface area contributed by atoms with Gasteiger partial charge in [-0.25, -0.2) is 0 Å². The summed E-state index contributed by atoms with van der Waals surface area (Å²) in [6, 6.07) is 26.6. The minimum atomic E-state index is 0.501. The minimum absolute atomic E-state index is 0.501. The summed E-state index contributed by atoms with van der Waals surface area (Å²) in [5, 5.41) is 0. The van der Waals surface area contributed by atoms with E-state index in [-0.39, 0.29) is 0 Å². The number of hydrogen-bond donors (Lipinski definition) is 0. The second-order valence-electron chi connectivity index (χ2n) is 11.6. The quantitative estimate of drug-likeness (QED) is 0.130. The Hall–Kier alpha value is -3.74. The summed E-state index contributed by atoms with van der Waals surface area (Å²) in [5.41, 5.74) is 26.9. The van der Waals surface area contributed by atoms with Gasteiger partial charge in [0.15, 0.2) is 0 Å². The SMILES string of the molecule is CC(C)Cc1ccc2c(c1C(=[N+]=[N-])c1c(CC(C)C)ccc3c1Cc1ccccc1-3)Cc1ccccc1-2. The Morgan fingerprint density at radius 3 is 1.46 bits per heavy atom. The smallest absolute Gasteiger partial charge is 0.330 e. The summed E-state index contributed by atoms with van der Waals surface area (Å²) < 4.78 is 0. The van der Waals surface area contributed by atoms with Crippen molar-refractivity contribution in [2.45, 2.75) is 53.4 Å². The zero-order valence-corrected chi connectivity index (χ0v) is 22.3. The standard InChI is InChI=1S/C35H34N2/c1-21(2)17-25-13-15-29-27-11-7-5-9-23(27)19-31(29)33(25)35(37-36)34-26(18-22(3)4)14-16-30-28-12-8-6-10-24(28)20-32(30)34/h5-16,21-22H,17-20H2,1-4H3. The highest BCUT2D eigenvalue weighted by atomic mass is 14.9. The molecule has 0 heterocycles. The van der Waals surface area contributed by atoms with E-state index < -0.39 is 0 Å². The molecule has 0 aromatic heterocycles. The Morgan fingerprint density at radius 2 is 1.05 bits per heavy atom. The van der Waals surface area contributed by atoms with Crippen molar-refractivity contribution in [3.63, 3.8) is 0 Å². The van der Waals surface area contributed by atoms with Gasteiger partial charge in [-0.05, 0) is 93.2 Å². The summed E-state index contributed by atoms with van der Waals surface area (Å²) in [6.45, 7) is 9.07. The molecule has 184 valence electrons. The second kappa shape index (κ2) is 9.29. The predicted molar refractivity (Wildman–Crippen MR) is 153 cm³/mol. The van der Waals surface area contributed by atoms with Gasteiger partial charge in [-0.3, -0.25) is 0 Å². The van der Waals surface area contributed by atoms with Gasteiger partial charge in [0, 0.05) is 0 Å². The maximum Gasteiger partial charge on any atom is 0.330 e. The van der Waals surface area contributed by atoms with Gasteiger partial charge < -0.3 is 5.53 Å². The van der Waals surface area contributed by atoms with Crippen LogP contribution in [0.4, 0.5) is 0 Å². The maximum absolute atomic E-state index is 10.8. The molecule has 2 heteroatoms. The van der Waals surface area contributed by atoms with Crippen molar-refractivity contribution in [1.29, 1.82) is 0 Å². The summed E-state index contributed by atoms with van der Waals surface area (Å²) in [5.74, 6) is 1.00. The third-order valence-electron chi connectivity index (χ3n) is 7.98. The van der Waals surface area contributed by atoms with E-state index in [0.717, 1.165) is 42.5 Å². The van der Waals surface area contributed by atoms with Crippen LogP contribution in [0.5, 0.6) is 0 Å². The molecule has 0 fully saturated rings. The van der Waals surface area contributed by atoms with Crippen molar-refractivity contribution in [1.82, 2.24) is 0 Å². The summed E-state index contributed by atoms with van der Waals surface area (Å²) in [7, 11) is 0. The van der Waals surface area contributed by atoms with Crippen LogP contribution in [-0.2, 0) is 25.7 Å². The molecule has 4 aromatic carbocycles. The monoisotopic (exact) mass is 482 g/mol. The first-order valence-electron chi connectivity index (χ1n) is 13.6. The first-order chi connectivity index (χ1) is 18.0. The molecule has 6 rings (SSSR count). The molecule has 0 aliphatic heterocycles. The molecule has 0 atom stereocenters. The van der Waals surface area contributed by atoms with E-state index in [2.05, 4.69) is 105 Å². The number of fused-ring (bicyclic) bond motifs is 6. The van der Waals surface area contributed by atoms with Gasteiger partial charge >= 0.3 is 5.71 Å². The van der Waals surface area contributed by atoms with E-state index in [9.17, 15) is 5.53 Å². The fourth-order valence-electron chi connectivity index (χ4n) is 6.55. The number of benzene rings is 4. The fraction of sp³-hybridized carbons (Fsp3) is 0.286. The van der Waals surface area contributed by atoms with Crippen LogP contribution in [0.25, 0.3) is 27.8 Å². The molecule has 0 radical (unpaired) electrons. The molecule has 37 heavy (non-hydrogen) atoms. The lowest BCUT2D eigenvalue weighted by Gasteiger charge is -2.18. The molecule has 0 saturated heterocycles. The Balaban J connectivity index is 1.62. The predicted octanol–water partition coefficient (Wildman–Crippen LogP) is 8.29. The van der Waals surface area contributed by atoms with Crippen LogP contribution in [0.2, 0.25) is 0 Å². The van der Waals surface area contributed by atoms with Gasteiger partial charge in [0.05, 0.1) is 11.1 Å². The lowest BCUT2D eigenvalue weighted by atomic mass is 9.82. The van der Waals surface area contributed by atoms with Crippen molar-refractivity contribution in [2.75, 3.05) is 0 Å². The molecule has 2 aliphatic rings. The zero-order chi connectivity index (χ0) is 25.7. The van der Waals surface area contributed by atoms with E-state index >= 15 is 0 Å². The molecule has 0 saturated carbocycles. The normalized spacial score (nSPS) is 12.8. The lowest BCUT2D eigenvalue weighted by molar-refractivity contribution is -0.00301. The van der Waals surface area contributed by atoms with Crippen molar-refractivity contribution in [2.24, 2.45) is 11.8 Å². The van der Waals surface area contributed by atoms with Crippen LogP contribution in [0, 0.1) is 11.8 Å². The third-order valence-corrected chi connectivity index (χ3v) is 7.98. The molecule has 0 N–H and O–H groups in total. The van der Waals surface area contributed by atoms with Gasteiger partial charge in [0.2, 0.25) is 0 Å². The molecule has 0 unspecified atom stereocenters. The van der Waals surface area contributed by atoms with Gasteiger partial charge in [-0.15, -0.1) is 0 Å². The molecule has 0 amide bonds. The largest absolute Gasteiger partial charge is 0.361 e. The van der Waals surface area contributed by atoms with E-state index in [1.165, 1.54) is 55.6 Å². The van der Waals surface area contributed by atoms with Crippen molar-refractivity contribution >= 4 is 5.71 Å². The summed E-state index contributed by atoms with van der Waals surface area (Å²) in [4.78, 5) is 4.16. The molecule has 0 spiro atoms. The Kier molecular flexibility index (Phi) is 5.94. The second-order valence-corrected chi connectivity index (χ2v) is 11.6. The lowest BCUT2D eigenvalue weighted by Crippen LogP contribution is -2.18. The van der Waals surface area contributed by atoms with Crippen LogP contribution in [0.15, 0.2) is 72.8 Å². The number of hydrogen-bond acceptors (Lipinski definition) is 0. The van der Waals surface area contributed by atoms with Gasteiger partial charge in [0.1, 0.15) is 0 Å². The minimum Gasteiger partial charge on any atom is -0.361 e. The topological polar surface area (TPSA) is 36.4 Å². The molecule has 0 bridgehead atoms. The zero-order valence-electron chi connectivity index (χ0n) is 22.3. The first-order valence-corrected chi connectivity index (χ1v) is 13.6. The highest BCUT2D eigenvalue weighted by Gasteiger charge is 2.35. The summed E-state index contributed by atoms with van der Waals surface area (Å²) in [6.07, 6.45) is 3.65.